The molecule has 4 aliphatic rings. The Labute approximate surface area is 205 Å². The largest absolute Gasteiger partial charge is 0.374 e. The van der Waals surface area contributed by atoms with Crippen LogP contribution in [0.4, 0.5) is 5.13 Å². The number of hydrogen-bond donors (Lipinski definition) is 3. The van der Waals surface area contributed by atoms with Gasteiger partial charge in [0.1, 0.15) is 0 Å². The second kappa shape index (κ2) is 10.2. The molecule has 8 heteroatoms. The molecule has 182 valence electrons. The van der Waals surface area contributed by atoms with Crippen LogP contribution < -0.4 is 16.4 Å². The first kappa shape index (κ1) is 23.6. The number of ether oxygens (including phenoxy) is 1. The second-order valence-corrected chi connectivity index (χ2v) is 11.2. The van der Waals surface area contributed by atoms with E-state index in [9.17, 15) is 4.79 Å². The van der Waals surface area contributed by atoms with E-state index < -0.39 is 0 Å². The third kappa shape index (κ3) is 5.74. The summed E-state index contributed by atoms with van der Waals surface area (Å²) in [5.41, 5.74) is 9.24. The number of carbonyl (C=O) groups is 1. The summed E-state index contributed by atoms with van der Waals surface area (Å²) < 4.78 is 6.45. The number of hydrogen-bond acceptors (Lipinski definition) is 7. The summed E-state index contributed by atoms with van der Waals surface area (Å²) in [5.74, 6) is 2.66. The van der Waals surface area contributed by atoms with Crippen molar-refractivity contribution >= 4 is 28.6 Å². The van der Waals surface area contributed by atoms with Crippen molar-refractivity contribution in [3.8, 4) is 11.3 Å². The van der Waals surface area contributed by atoms with Gasteiger partial charge in [-0.2, -0.15) is 0 Å². The second-order valence-electron chi connectivity index (χ2n) is 10.3. The van der Waals surface area contributed by atoms with Crippen molar-refractivity contribution in [1.82, 2.24) is 15.6 Å². The molecule has 4 saturated carbocycles. The highest BCUT2D eigenvalue weighted by atomic mass is 32.1. The molecule has 0 saturated heterocycles. The van der Waals surface area contributed by atoms with Gasteiger partial charge in [-0.25, -0.2) is 9.98 Å². The number of carbonyl (C=O) groups excluding carboxylic acids is 1. The van der Waals surface area contributed by atoms with E-state index in [-0.39, 0.29) is 17.7 Å². The zero-order valence-electron chi connectivity index (χ0n) is 19.8. The number of aliphatic imine (C=N–C) groups is 1. The quantitative estimate of drug-likeness (QED) is 0.270. The van der Waals surface area contributed by atoms with Crippen LogP contribution in [-0.4, -0.2) is 42.0 Å². The highest BCUT2D eigenvalue weighted by Crippen LogP contribution is 2.57. The van der Waals surface area contributed by atoms with Crippen molar-refractivity contribution in [2.45, 2.75) is 63.8 Å². The summed E-state index contributed by atoms with van der Waals surface area (Å²) in [6, 6.07) is 8.01. The number of rotatable bonds is 10. The molecule has 0 spiro atoms. The normalized spacial score (nSPS) is 28.5. The van der Waals surface area contributed by atoms with Crippen LogP contribution in [0.3, 0.4) is 0 Å². The minimum absolute atomic E-state index is 0.0417. The van der Waals surface area contributed by atoms with Gasteiger partial charge in [-0.05, 0) is 67.9 Å². The average molecular weight is 482 g/mol. The molecule has 1 aromatic heterocycles. The maximum absolute atomic E-state index is 11.2. The molecule has 1 heterocycles. The van der Waals surface area contributed by atoms with Gasteiger partial charge in [0.05, 0.1) is 24.1 Å². The lowest BCUT2D eigenvalue weighted by atomic mass is 9.54. The van der Waals surface area contributed by atoms with Crippen molar-refractivity contribution in [2.24, 2.45) is 28.5 Å². The Balaban J connectivity index is 1.08. The van der Waals surface area contributed by atoms with Gasteiger partial charge in [0, 0.05) is 37.2 Å². The number of amides is 1. The van der Waals surface area contributed by atoms with Crippen LogP contribution >= 0.6 is 11.3 Å². The molecule has 1 atom stereocenters. The topological polar surface area (TPSA) is 102 Å². The number of thiazole rings is 1. The summed E-state index contributed by atoms with van der Waals surface area (Å²) in [4.78, 5) is 20.2. The van der Waals surface area contributed by atoms with Gasteiger partial charge in [0.15, 0.2) is 0 Å². The fourth-order valence-corrected chi connectivity index (χ4v) is 7.10. The summed E-state index contributed by atoms with van der Waals surface area (Å²) in [6.07, 6.45) is 9.45. The fourth-order valence-electron chi connectivity index (χ4n) is 6.42. The van der Waals surface area contributed by atoms with Gasteiger partial charge in [-0.15, -0.1) is 11.3 Å². The highest BCUT2D eigenvalue weighted by molar-refractivity contribution is 7.13. The fraction of sp³-hybridized carbons (Fsp3) is 0.577. The molecular formula is C26H35N5O2S. The summed E-state index contributed by atoms with van der Waals surface area (Å²) in [7, 11) is 0. The lowest BCUT2D eigenvalue weighted by molar-refractivity contribution is -0.161. The summed E-state index contributed by atoms with van der Waals surface area (Å²) in [6.45, 7) is 3.44. The molecule has 1 amide bonds. The first-order chi connectivity index (χ1) is 16.5. The Morgan fingerprint density at radius 1 is 1.29 bits per heavy atom. The molecule has 4 N–H and O–H groups in total. The third-order valence-corrected chi connectivity index (χ3v) is 8.22. The van der Waals surface area contributed by atoms with E-state index in [2.05, 4.69) is 20.6 Å². The monoisotopic (exact) mass is 481 g/mol. The molecule has 0 radical (unpaired) electrons. The summed E-state index contributed by atoms with van der Waals surface area (Å²) >= 11 is 1.48. The van der Waals surface area contributed by atoms with Crippen LogP contribution in [0.5, 0.6) is 0 Å². The number of benzene rings is 1. The Morgan fingerprint density at radius 3 is 2.74 bits per heavy atom. The zero-order valence-corrected chi connectivity index (χ0v) is 20.7. The predicted molar refractivity (Wildman–Crippen MR) is 136 cm³/mol. The van der Waals surface area contributed by atoms with E-state index in [0.717, 1.165) is 41.1 Å². The van der Waals surface area contributed by atoms with E-state index in [1.807, 2.05) is 29.6 Å². The molecule has 4 fully saturated rings. The van der Waals surface area contributed by atoms with E-state index in [0.29, 0.717) is 18.3 Å². The molecule has 1 aromatic carbocycles. The molecular weight excluding hydrogens is 446 g/mol. The molecule has 4 aliphatic carbocycles. The first-order valence-electron chi connectivity index (χ1n) is 12.4. The van der Waals surface area contributed by atoms with E-state index >= 15 is 0 Å². The van der Waals surface area contributed by atoms with E-state index in [4.69, 9.17) is 10.5 Å². The first-order valence-corrected chi connectivity index (χ1v) is 13.3. The van der Waals surface area contributed by atoms with Crippen molar-refractivity contribution in [3.63, 3.8) is 0 Å². The molecule has 6 rings (SSSR count). The number of aromatic nitrogens is 1. The minimum Gasteiger partial charge on any atom is -0.374 e. The van der Waals surface area contributed by atoms with Crippen LogP contribution in [-0.2, 0) is 16.1 Å². The van der Waals surface area contributed by atoms with E-state index in [1.165, 1.54) is 56.8 Å². The maximum atomic E-state index is 11.2. The predicted octanol–water partition coefficient (Wildman–Crippen LogP) is 4.01. The number of nitrogens with zero attached hydrogens (tertiary/aromatic N) is 2. The number of nitrogens with two attached hydrogens (primary N) is 1. The van der Waals surface area contributed by atoms with Gasteiger partial charge in [-0.1, -0.05) is 18.2 Å². The van der Waals surface area contributed by atoms with Gasteiger partial charge < -0.3 is 15.8 Å². The van der Waals surface area contributed by atoms with Gasteiger partial charge in [0.25, 0.3) is 0 Å². The molecule has 1 unspecified atom stereocenters. The SMILES string of the molecule is CC(=O)NCc1cccc(-c2csc(N=CC(N)NCCOC34CC5CC(CC(C5)C3)C4)n2)c1. The molecule has 7 nitrogen and oxygen atoms in total. The average Bonchev–Trinajstić information content (AvgIpc) is 3.28. The minimum atomic E-state index is -0.340. The van der Waals surface area contributed by atoms with Crippen LogP contribution in [0.15, 0.2) is 34.6 Å². The Hall–Kier alpha value is -2.13. The Kier molecular flexibility index (Phi) is 7.11. The van der Waals surface area contributed by atoms with Crippen molar-refractivity contribution in [3.05, 3.63) is 35.2 Å². The Bertz CT molecular complexity index is 1000. The number of nitrogens with one attached hydrogen (secondary N) is 2. The summed E-state index contributed by atoms with van der Waals surface area (Å²) in [5, 5.41) is 8.78. The third-order valence-electron chi connectivity index (χ3n) is 7.47. The van der Waals surface area contributed by atoms with Crippen LogP contribution in [0.25, 0.3) is 11.3 Å². The van der Waals surface area contributed by atoms with Crippen LogP contribution in [0.1, 0.15) is 51.0 Å². The standard InChI is InChI=1S/C26H35N5O2S/c1-17(32)29-14-18-3-2-4-22(10-18)23-16-34-25(31-23)30-15-24(27)28-5-6-33-26-11-19-7-20(12-26)9-21(8-19)13-26/h2-4,10,15-16,19-21,24,28H,5-9,11-14,27H2,1H3,(H,29,32). The van der Waals surface area contributed by atoms with Crippen LogP contribution in [0, 0.1) is 17.8 Å². The zero-order chi connectivity index (χ0) is 23.5. The molecule has 0 aliphatic heterocycles. The molecule has 4 bridgehead atoms. The van der Waals surface area contributed by atoms with Crippen LogP contribution in [0.2, 0.25) is 0 Å². The van der Waals surface area contributed by atoms with E-state index in [1.54, 1.807) is 6.21 Å². The smallest absolute Gasteiger partial charge is 0.217 e. The molecule has 2 aromatic rings. The molecule has 34 heavy (non-hydrogen) atoms. The maximum Gasteiger partial charge on any atom is 0.217 e. The lowest BCUT2D eigenvalue weighted by Crippen LogP contribution is -2.52. The van der Waals surface area contributed by atoms with Gasteiger partial charge in [0.2, 0.25) is 11.0 Å². The van der Waals surface area contributed by atoms with Gasteiger partial charge >= 0.3 is 0 Å². The Morgan fingerprint density at radius 2 is 2.03 bits per heavy atom. The van der Waals surface area contributed by atoms with Crippen molar-refractivity contribution in [2.75, 3.05) is 13.2 Å². The van der Waals surface area contributed by atoms with Crippen molar-refractivity contribution < 1.29 is 9.53 Å². The van der Waals surface area contributed by atoms with Crippen molar-refractivity contribution in [1.29, 1.82) is 0 Å². The van der Waals surface area contributed by atoms with Gasteiger partial charge in [-0.3, -0.25) is 10.1 Å². The lowest BCUT2D eigenvalue weighted by Gasteiger charge is -2.56. The highest BCUT2D eigenvalue weighted by Gasteiger charge is 2.51.